The molecule has 29 heavy (non-hydrogen) atoms. The number of aromatic nitrogens is 1. The third kappa shape index (κ3) is 3.30. The van der Waals surface area contributed by atoms with Crippen LogP contribution in [0.1, 0.15) is 59.5 Å². The molecule has 4 aliphatic carbocycles. The number of fused-ring (bicyclic) bond motifs is 3. The van der Waals surface area contributed by atoms with E-state index in [0.717, 1.165) is 54.1 Å². The monoisotopic (exact) mass is 427 g/mol. The van der Waals surface area contributed by atoms with Crippen LogP contribution in [0.4, 0.5) is 0 Å². The molecule has 0 saturated heterocycles. The number of carbonyl (C=O) groups excluding carboxylic acids is 1. The minimum absolute atomic E-state index is 0.0323. The Bertz CT molecular complexity index is 1020. The standard InChI is InChI=1S/C23H25NO3S2/c1-12-11-28-22(24-12)21-15-4-2-3-5-17(15)29-18(21)10-16(25)19-13-6-8-14(9-7-13)20(19)23(26)27/h11,13-14H,2-10H2,1H3,(H,26,27). The van der Waals surface area contributed by atoms with Crippen molar-refractivity contribution in [1.82, 2.24) is 4.98 Å². The number of carbonyl (C=O) groups is 2. The maximum atomic E-state index is 13.4. The van der Waals surface area contributed by atoms with E-state index in [1.807, 2.05) is 6.92 Å². The number of thiazole rings is 1. The van der Waals surface area contributed by atoms with E-state index < -0.39 is 5.97 Å². The number of carboxylic acids is 1. The van der Waals surface area contributed by atoms with Crippen LogP contribution >= 0.6 is 22.7 Å². The molecule has 0 spiro atoms. The molecule has 1 fully saturated rings. The van der Waals surface area contributed by atoms with Gasteiger partial charge in [0.25, 0.3) is 0 Å². The number of Topliss-reactive ketones (excluding diaryl/α,β-unsaturated/α-hetero) is 1. The van der Waals surface area contributed by atoms with Crippen molar-refractivity contribution in [3.05, 3.63) is 37.5 Å². The number of ketones is 1. The Balaban J connectivity index is 1.55. The highest BCUT2D eigenvalue weighted by atomic mass is 32.1. The predicted octanol–water partition coefficient (Wildman–Crippen LogP) is 5.37. The third-order valence-corrected chi connectivity index (χ3v) is 9.03. The predicted molar refractivity (Wildman–Crippen MR) is 116 cm³/mol. The number of allylic oxidation sites excluding steroid dienone is 1. The number of aryl methyl sites for hydroxylation is 2. The van der Waals surface area contributed by atoms with Gasteiger partial charge in [0.05, 0.1) is 0 Å². The average Bonchev–Trinajstić information content (AvgIpc) is 3.30. The molecule has 0 radical (unpaired) electrons. The molecule has 0 aromatic carbocycles. The van der Waals surface area contributed by atoms with Crippen molar-refractivity contribution >= 4 is 34.4 Å². The van der Waals surface area contributed by atoms with Gasteiger partial charge in [-0.2, -0.15) is 0 Å². The van der Waals surface area contributed by atoms with E-state index in [1.165, 1.54) is 28.8 Å². The molecule has 0 aliphatic heterocycles. The van der Waals surface area contributed by atoms with Gasteiger partial charge in [-0.15, -0.1) is 22.7 Å². The van der Waals surface area contributed by atoms with E-state index >= 15 is 0 Å². The molecular weight excluding hydrogens is 402 g/mol. The lowest BCUT2D eigenvalue weighted by Gasteiger charge is -2.38. The van der Waals surface area contributed by atoms with Crippen LogP contribution in [-0.2, 0) is 28.9 Å². The molecule has 152 valence electrons. The van der Waals surface area contributed by atoms with Crippen molar-refractivity contribution in [3.63, 3.8) is 0 Å². The summed E-state index contributed by atoms with van der Waals surface area (Å²) in [5, 5.41) is 12.9. The molecule has 2 aromatic rings. The van der Waals surface area contributed by atoms with Crippen molar-refractivity contribution in [3.8, 4) is 10.6 Å². The molecule has 2 heterocycles. The summed E-state index contributed by atoms with van der Waals surface area (Å²) in [6, 6.07) is 0. The lowest BCUT2D eigenvalue weighted by atomic mass is 9.65. The Hall–Kier alpha value is -1.79. The highest BCUT2D eigenvalue weighted by Crippen LogP contribution is 2.47. The van der Waals surface area contributed by atoms with Gasteiger partial charge >= 0.3 is 5.97 Å². The van der Waals surface area contributed by atoms with Crippen molar-refractivity contribution in [1.29, 1.82) is 0 Å². The summed E-state index contributed by atoms with van der Waals surface area (Å²) >= 11 is 3.42. The zero-order valence-corrected chi connectivity index (χ0v) is 18.3. The van der Waals surface area contributed by atoms with Crippen molar-refractivity contribution in [2.45, 2.75) is 64.7 Å². The number of hydrogen-bond donors (Lipinski definition) is 1. The summed E-state index contributed by atoms with van der Waals surface area (Å²) in [6.45, 7) is 2.01. The molecule has 6 rings (SSSR count). The number of nitrogens with zero attached hydrogens (tertiary/aromatic N) is 1. The molecular formula is C23H25NO3S2. The molecule has 1 N–H and O–H groups in total. The Morgan fingerprint density at radius 2 is 1.79 bits per heavy atom. The summed E-state index contributed by atoms with van der Waals surface area (Å²) in [7, 11) is 0. The van der Waals surface area contributed by atoms with Gasteiger partial charge in [0, 0.05) is 44.0 Å². The summed E-state index contributed by atoms with van der Waals surface area (Å²) in [4.78, 5) is 32.6. The number of aliphatic carboxylic acids is 1. The van der Waals surface area contributed by atoms with Crippen LogP contribution in [-0.4, -0.2) is 21.8 Å². The van der Waals surface area contributed by atoms with Gasteiger partial charge in [-0.05, 0) is 75.7 Å². The second-order valence-electron chi connectivity index (χ2n) is 8.58. The van der Waals surface area contributed by atoms with E-state index in [4.69, 9.17) is 4.98 Å². The lowest BCUT2D eigenvalue weighted by molar-refractivity contribution is -0.134. The van der Waals surface area contributed by atoms with Gasteiger partial charge in [0.15, 0.2) is 5.78 Å². The van der Waals surface area contributed by atoms with E-state index in [9.17, 15) is 14.7 Å². The van der Waals surface area contributed by atoms with E-state index in [-0.39, 0.29) is 17.6 Å². The minimum atomic E-state index is -0.885. The first-order valence-corrected chi connectivity index (χ1v) is 12.3. The largest absolute Gasteiger partial charge is 0.478 e. The van der Waals surface area contributed by atoms with E-state index in [0.29, 0.717) is 17.6 Å². The van der Waals surface area contributed by atoms with Crippen LogP contribution in [0.25, 0.3) is 10.6 Å². The first-order valence-electron chi connectivity index (χ1n) is 10.6. The molecule has 6 heteroatoms. The van der Waals surface area contributed by atoms with Gasteiger partial charge in [-0.1, -0.05) is 0 Å². The fraction of sp³-hybridized carbons (Fsp3) is 0.522. The lowest BCUT2D eigenvalue weighted by Crippen LogP contribution is -2.34. The van der Waals surface area contributed by atoms with E-state index in [1.54, 1.807) is 22.7 Å². The van der Waals surface area contributed by atoms with Crippen molar-refractivity contribution in [2.24, 2.45) is 11.8 Å². The van der Waals surface area contributed by atoms with Crippen LogP contribution in [0.3, 0.4) is 0 Å². The van der Waals surface area contributed by atoms with Crippen LogP contribution in [0.5, 0.6) is 0 Å². The average molecular weight is 428 g/mol. The highest BCUT2D eigenvalue weighted by molar-refractivity contribution is 7.15. The van der Waals surface area contributed by atoms with Crippen LogP contribution in [0.2, 0.25) is 0 Å². The first-order chi connectivity index (χ1) is 14.0. The molecule has 1 saturated carbocycles. The molecule has 4 nitrogen and oxygen atoms in total. The molecule has 0 atom stereocenters. The summed E-state index contributed by atoms with van der Waals surface area (Å²) in [6.07, 6.45) is 8.61. The SMILES string of the molecule is Cc1csc(-c2c(CC(=O)C3=C(C(=O)O)C4CCC3CC4)sc3c2CCCC3)n1. The second kappa shape index (κ2) is 7.47. The molecule has 4 aliphatic rings. The van der Waals surface area contributed by atoms with Crippen LogP contribution < -0.4 is 0 Å². The maximum absolute atomic E-state index is 13.4. The van der Waals surface area contributed by atoms with Gasteiger partial charge in [0.2, 0.25) is 0 Å². The first kappa shape index (κ1) is 19.2. The fourth-order valence-corrected chi connectivity index (χ4v) is 7.84. The smallest absolute Gasteiger partial charge is 0.332 e. The zero-order chi connectivity index (χ0) is 20.1. The normalized spacial score (nSPS) is 23.3. The highest BCUT2D eigenvalue weighted by Gasteiger charge is 2.41. The number of hydrogen-bond acceptors (Lipinski definition) is 5. The molecule has 2 bridgehead atoms. The second-order valence-corrected chi connectivity index (χ2v) is 10.6. The van der Waals surface area contributed by atoms with Crippen LogP contribution in [0.15, 0.2) is 16.5 Å². The van der Waals surface area contributed by atoms with E-state index in [2.05, 4.69) is 5.38 Å². The Morgan fingerprint density at radius 1 is 1.10 bits per heavy atom. The zero-order valence-electron chi connectivity index (χ0n) is 16.6. The van der Waals surface area contributed by atoms with Gasteiger partial charge in [-0.25, -0.2) is 9.78 Å². The topological polar surface area (TPSA) is 67.3 Å². The Labute approximate surface area is 178 Å². The van der Waals surface area contributed by atoms with Gasteiger partial charge < -0.3 is 5.11 Å². The fourth-order valence-electron chi connectivity index (χ4n) is 5.48. The summed E-state index contributed by atoms with van der Waals surface area (Å²) in [5.41, 5.74) is 4.63. The van der Waals surface area contributed by atoms with Crippen LogP contribution in [0, 0.1) is 18.8 Å². The minimum Gasteiger partial charge on any atom is -0.478 e. The van der Waals surface area contributed by atoms with Gasteiger partial charge in [0.1, 0.15) is 5.01 Å². The maximum Gasteiger partial charge on any atom is 0.332 e. The molecule has 2 aromatic heterocycles. The summed E-state index contributed by atoms with van der Waals surface area (Å²) in [5.74, 6) is -0.651. The number of carboxylic acid groups (broad SMARTS) is 1. The molecule has 0 amide bonds. The molecule has 0 unspecified atom stereocenters. The number of thiophene rings is 1. The quantitative estimate of drug-likeness (QED) is 0.696. The van der Waals surface area contributed by atoms with Crippen molar-refractivity contribution < 1.29 is 14.7 Å². The third-order valence-electron chi connectivity index (χ3n) is 6.76. The van der Waals surface area contributed by atoms with Gasteiger partial charge in [-0.3, -0.25) is 4.79 Å². The summed E-state index contributed by atoms with van der Waals surface area (Å²) < 4.78 is 0. The Morgan fingerprint density at radius 3 is 2.45 bits per heavy atom. The Kier molecular flexibility index (Phi) is 4.95. The number of rotatable bonds is 5. The van der Waals surface area contributed by atoms with Crippen molar-refractivity contribution in [2.75, 3.05) is 0 Å².